The molecule has 0 bridgehead atoms. The number of aromatic nitrogens is 1. The van der Waals surface area contributed by atoms with Crippen molar-refractivity contribution in [1.82, 2.24) is 5.16 Å². The Kier molecular flexibility index (Phi) is 6.63. The highest BCUT2D eigenvalue weighted by Gasteiger charge is 2.51. The number of benzene rings is 3. The van der Waals surface area contributed by atoms with E-state index in [0.717, 1.165) is 27.8 Å². The maximum absolute atomic E-state index is 12.7. The number of nitrogens with zero attached hydrogens (tertiary/aromatic N) is 1. The van der Waals surface area contributed by atoms with Crippen LogP contribution >= 0.6 is 0 Å². The average molecular weight is 513 g/mol. The number of carbonyl (C=O) groups is 2. The van der Waals surface area contributed by atoms with Gasteiger partial charge in [0.1, 0.15) is 23.2 Å². The maximum Gasteiger partial charge on any atom is 0.412 e. The zero-order chi connectivity index (χ0) is 26.9. The molecule has 1 atom stereocenters. The summed E-state index contributed by atoms with van der Waals surface area (Å²) >= 11 is 0. The summed E-state index contributed by atoms with van der Waals surface area (Å²) in [4.78, 5) is 24.3. The lowest BCUT2D eigenvalue weighted by atomic mass is 9.93. The zero-order valence-electron chi connectivity index (χ0n) is 21.4. The van der Waals surface area contributed by atoms with Crippen LogP contribution in [0.15, 0.2) is 77.3 Å². The number of carboxylic acids is 1. The van der Waals surface area contributed by atoms with Crippen LogP contribution in [0.2, 0.25) is 0 Å². The second-order valence-corrected chi connectivity index (χ2v) is 9.45. The van der Waals surface area contributed by atoms with Crippen molar-refractivity contribution in [3.8, 4) is 28.1 Å². The highest BCUT2D eigenvalue weighted by atomic mass is 16.6. The van der Waals surface area contributed by atoms with Gasteiger partial charge in [-0.25, -0.2) is 4.79 Å². The molecular formula is C30H28N2O6. The number of methoxy groups -OCH3 is 1. The number of aryl methyl sites for hydroxylation is 1. The largest absolute Gasteiger partial charge is 0.497 e. The molecule has 194 valence electrons. The summed E-state index contributed by atoms with van der Waals surface area (Å²) in [6.07, 6.45) is 0.235. The molecule has 1 aliphatic carbocycles. The summed E-state index contributed by atoms with van der Waals surface area (Å²) in [6, 6.07) is 22.7. The third-order valence-corrected chi connectivity index (χ3v) is 7.03. The van der Waals surface area contributed by atoms with E-state index in [9.17, 15) is 14.7 Å². The smallest absolute Gasteiger partial charge is 0.412 e. The fraction of sp³-hybridized carbons (Fsp3) is 0.233. The molecule has 4 aromatic rings. The molecule has 8 heteroatoms. The van der Waals surface area contributed by atoms with Crippen molar-refractivity contribution in [1.29, 1.82) is 0 Å². The van der Waals surface area contributed by atoms with Gasteiger partial charge in [-0.1, -0.05) is 65.8 Å². The molecule has 0 aliphatic heterocycles. The molecule has 38 heavy (non-hydrogen) atoms. The number of aliphatic carboxylic acids is 1. The molecule has 0 spiro atoms. The molecule has 0 saturated heterocycles. The Bertz CT molecular complexity index is 1470. The van der Waals surface area contributed by atoms with Crippen molar-refractivity contribution >= 4 is 17.7 Å². The standard InChI is InChI=1S/C30H28N2O6/c1-18(23-5-4-6-25(17-23)36-3)37-29(35)31-26-19(2)38-32-27(26)22-9-7-20(8-10-22)21-11-13-24(14-12-21)30(15-16-30)28(33)34/h4-14,17-18H,15-16H2,1-3H3,(H,31,35)(H,33,34). The number of ether oxygens (including phenoxy) is 2. The van der Waals surface area contributed by atoms with E-state index in [4.69, 9.17) is 14.0 Å². The van der Waals surface area contributed by atoms with Crippen molar-refractivity contribution in [3.05, 3.63) is 89.7 Å². The van der Waals surface area contributed by atoms with Crippen molar-refractivity contribution in [2.24, 2.45) is 0 Å². The normalized spacial score (nSPS) is 14.4. The predicted molar refractivity (Wildman–Crippen MR) is 142 cm³/mol. The first kappa shape index (κ1) is 25.1. The van der Waals surface area contributed by atoms with Gasteiger partial charge in [0.2, 0.25) is 0 Å². The van der Waals surface area contributed by atoms with Gasteiger partial charge in [-0.15, -0.1) is 0 Å². The van der Waals surface area contributed by atoms with Gasteiger partial charge in [-0.3, -0.25) is 10.1 Å². The van der Waals surface area contributed by atoms with E-state index in [1.165, 1.54) is 0 Å². The first-order valence-corrected chi connectivity index (χ1v) is 12.3. The Balaban J connectivity index is 1.29. The Morgan fingerprint density at radius 2 is 1.63 bits per heavy atom. The monoisotopic (exact) mass is 512 g/mol. The van der Waals surface area contributed by atoms with Crippen LogP contribution in [0.3, 0.4) is 0 Å². The SMILES string of the molecule is COc1cccc(C(C)OC(=O)Nc2c(-c3ccc(-c4ccc(C5(C(=O)O)CC5)cc4)cc3)noc2C)c1. The summed E-state index contributed by atoms with van der Waals surface area (Å²) in [5.74, 6) is 0.376. The van der Waals surface area contributed by atoms with Crippen LogP contribution in [-0.4, -0.2) is 29.4 Å². The molecule has 2 N–H and O–H groups in total. The van der Waals surface area contributed by atoms with E-state index in [2.05, 4.69) is 10.5 Å². The first-order chi connectivity index (χ1) is 18.3. The Morgan fingerprint density at radius 3 is 2.24 bits per heavy atom. The number of hydrogen-bond acceptors (Lipinski definition) is 6. The average Bonchev–Trinajstić information content (AvgIpc) is 3.68. The molecule has 1 aliphatic rings. The first-order valence-electron chi connectivity index (χ1n) is 12.3. The molecule has 5 rings (SSSR count). The molecular weight excluding hydrogens is 484 g/mol. The molecule has 0 radical (unpaired) electrons. The van der Waals surface area contributed by atoms with Gasteiger partial charge in [0.25, 0.3) is 0 Å². The van der Waals surface area contributed by atoms with E-state index in [0.29, 0.717) is 35.7 Å². The molecule has 1 aromatic heterocycles. The number of nitrogens with one attached hydrogen (secondary N) is 1. The minimum absolute atomic E-state index is 0.438. The van der Waals surface area contributed by atoms with Crippen molar-refractivity contribution in [2.45, 2.75) is 38.2 Å². The molecule has 3 aromatic carbocycles. The number of anilines is 1. The quantitative estimate of drug-likeness (QED) is 0.269. The van der Waals surface area contributed by atoms with Crippen LogP contribution in [0, 0.1) is 6.92 Å². The molecule has 8 nitrogen and oxygen atoms in total. The van der Waals surface area contributed by atoms with Crippen LogP contribution in [0.4, 0.5) is 10.5 Å². The predicted octanol–water partition coefficient (Wildman–Crippen LogP) is 6.75. The van der Waals surface area contributed by atoms with Crippen LogP contribution in [0.1, 0.15) is 42.8 Å². The van der Waals surface area contributed by atoms with Crippen LogP contribution in [0.25, 0.3) is 22.4 Å². The van der Waals surface area contributed by atoms with Crippen molar-refractivity contribution in [3.63, 3.8) is 0 Å². The fourth-order valence-corrected chi connectivity index (χ4v) is 4.52. The molecule has 1 amide bonds. The van der Waals surface area contributed by atoms with Gasteiger partial charge in [-0.05, 0) is 61.1 Å². The van der Waals surface area contributed by atoms with Gasteiger partial charge >= 0.3 is 12.1 Å². The third-order valence-electron chi connectivity index (χ3n) is 7.03. The van der Waals surface area contributed by atoms with E-state index in [1.54, 1.807) is 21.0 Å². The number of carbonyl (C=O) groups excluding carboxylic acids is 1. The number of amides is 1. The van der Waals surface area contributed by atoms with Crippen LogP contribution < -0.4 is 10.1 Å². The van der Waals surface area contributed by atoms with E-state index < -0.39 is 23.6 Å². The fourth-order valence-electron chi connectivity index (χ4n) is 4.52. The number of hydrogen-bond donors (Lipinski definition) is 2. The summed E-state index contributed by atoms with van der Waals surface area (Å²) in [5, 5.41) is 16.4. The highest BCUT2D eigenvalue weighted by molar-refractivity contribution is 5.91. The third kappa shape index (κ3) is 4.85. The lowest BCUT2D eigenvalue weighted by molar-refractivity contribution is -0.140. The summed E-state index contributed by atoms with van der Waals surface area (Å²) < 4.78 is 16.2. The minimum Gasteiger partial charge on any atom is -0.497 e. The van der Waals surface area contributed by atoms with Crippen LogP contribution in [-0.2, 0) is 14.9 Å². The Hall–Kier alpha value is -4.59. The number of carboxylic acid groups (broad SMARTS) is 1. The Morgan fingerprint density at radius 1 is 1.00 bits per heavy atom. The molecule has 1 unspecified atom stereocenters. The molecule has 1 fully saturated rings. The molecule has 1 heterocycles. The van der Waals surface area contributed by atoms with Crippen molar-refractivity contribution < 1.29 is 28.7 Å². The van der Waals surface area contributed by atoms with E-state index in [-0.39, 0.29) is 0 Å². The van der Waals surface area contributed by atoms with Gasteiger partial charge < -0.3 is 19.1 Å². The van der Waals surface area contributed by atoms with Gasteiger partial charge in [0, 0.05) is 5.56 Å². The summed E-state index contributed by atoms with van der Waals surface area (Å²) in [7, 11) is 1.58. The van der Waals surface area contributed by atoms with E-state index in [1.807, 2.05) is 72.8 Å². The molecule has 1 saturated carbocycles. The Labute approximate surface area is 220 Å². The van der Waals surface area contributed by atoms with E-state index >= 15 is 0 Å². The summed E-state index contributed by atoms with van der Waals surface area (Å²) in [6.45, 7) is 3.50. The lowest BCUT2D eigenvalue weighted by Gasteiger charge is -2.15. The lowest BCUT2D eigenvalue weighted by Crippen LogP contribution is -2.19. The van der Waals surface area contributed by atoms with Gasteiger partial charge in [-0.2, -0.15) is 0 Å². The summed E-state index contributed by atoms with van der Waals surface area (Å²) in [5.41, 5.74) is 4.58. The topological polar surface area (TPSA) is 111 Å². The van der Waals surface area contributed by atoms with Gasteiger partial charge in [0.05, 0.1) is 12.5 Å². The second-order valence-electron chi connectivity index (χ2n) is 9.45. The van der Waals surface area contributed by atoms with Crippen molar-refractivity contribution in [2.75, 3.05) is 12.4 Å². The maximum atomic E-state index is 12.7. The highest BCUT2D eigenvalue weighted by Crippen LogP contribution is 2.48. The van der Waals surface area contributed by atoms with Gasteiger partial charge in [0.15, 0.2) is 5.76 Å². The second kappa shape index (κ2) is 10.0. The van der Waals surface area contributed by atoms with Crippen LogP contribution in [0.5, 0.6) is 5.75 Å². The zero-order valence-corrected chi connectivity index (χ0v) is 21.4. The number of rotatable bonds is 8. The minimum atomic E-state index is -0.763.